The second kappa shape index (κ2) is 6.70. The van der Waals surface area contributed by atoms with Gasteiger partial charge in [0.1, 0.15) is 0 Å². The van der Waals surface area contributed by atoms with Crippen molar-refractivity contribution >= 4 is 28.5 Å². The summed E-state index contributed by atoms with van der Waals surface area (Å²) in [7, 11) is 3.12. The molecule has 8 nitrogen and oxygen atoms in total. The van der Waals surface area contributed by atoms with E-state index in [1.165, 1.54) is 11.6 Å². The van der Waals surface area contributed by atoms with Crippen molar-refractivity contribution in [3.8, 4) is 11.4 Å². The van der Waals surface area contributed by atoms with Crippen LogP contribution < -0.4 is 11.2 Å². The first-order chi connectivity index (χ1) is 14.5. The van der Waals surface area contributed by atoms with Gasteiger partial charge in [0.2, 0.25) is 5.78 Å². The fourth-order valence-corrected chi connectivity index (χ4v) is 3.88. The van der Waals surface area contributed by atoms with Crippen molar-refractivity contribution in [2.45, 2.75) is 6.54 Å². The normalized spacial score (nSPS) is 11.6. The van der Waals surface area contributed by atoms with Crippen LogP contribution in [0.5, 0.6) is 0 Å². The monoisotopic (exact) mass is 420 g/mol. The summed E-state index contributed by atoms with van der Waals surface area (Å²) in [5.74, 6) is 1.05. The number of hydrogen-bond donors (Lipinski definition) is 0. The molecule has 30 heavy (non-hydrogen) atoms. The van der Waals surface area contributed by atoms with Crippen molar-refractivity contribution in [1.82, 2.24) is 28.3 Å². The highest BCUT2D eigenvalue weighted by atomic mass is 35.5. The first kappa shape index (κ1) is 18.4. The van der Waals surface area contributed by atoms with Gasteiger partial charge in [0.15, 0.2) is 17.0 Å². The van der Waals surface area contributed by atoms with Crippen molar-refractivity contribution in [1.29, 1.82) is 0 Å². The van der Waals surface area contributed by atoms with E-state index in [2.05, 4.69) is 10.2 Å². The van der Waals surface area contributed by atoms with Crippen LogP contribution in [0.25, 0.3) is 28.3 Å². The molecule has 5 aromatic rings. The maximum absolute atomic E-state index is 13.1. The summed E-state index contributed by atoms with van der Waals surface area (Å²) < 4.78 is 6.12. The summed E-state index contributed by atoms with van der Waals surface area (Å²) in [6.07, 6.45) is 0. The number of nitrogens with zero attached hydrogens (tertiary/aromatic N) is 6. The van der Waals surface area contributed by atoms with E-state index in [1.54, 1.807) is 28.1 Å². The van der Waals surface area contributed by atoms with Gasteiger partial charge in [-0.25, -0.2) is 9.20 Å². The fraction of sp³-hybridized carbons (Fsp3) is 0.143. The van der Waals surface area contributed by atoms with E-state index in [-0.39, 0.29) is 5.56 Å². The van der Waals surface area contributed by atoms with Crippen LogP contribution in [0.1, 0.15) is 5.56 Å². The minimum absolute atomic E-state index is 0.379. The van der Waals surface area contributed by atoms with Gasteiger partial charge in [-0.05, 0) is 17.7 Å². The van der Waals surface area contributed by atoms with Gasteiger partial charge in [0.25, 0.3) is 5.56 Å². The molecule has 0 bridgehead atoms. The van der Waals surface area contributed by atoms with Crippen LogP contribution in [-0.4, -0.2) is 28.3 Å². The number of halogens is 1. The molecule has 0 amide bonds. The third-order valence-corrected chi connectivity index (χ3v) is 5.52. The van der Waals surface area contributed by atoms with Crippen LogP contribution in [-0.2, 0) is 20.6 Å². The Labute approximate surface area is 175 Å². The van der Waals surface area contributed by atoms with E-state index in [0.29, 0.717) is 34.3 Å². The lowest BCUT2D eigenvalue weighted by atomic mass is 10.2. The van der Waals surface area contributed by atoms with Crippen molar-refractivity contribution < 1.29 is 0 Å². The minimum Gasteiger partial charge on any atom is -0.298 e. The highest BCUT2D eigenvalue weighted by Crippen LogP contribution is 2.25. The Morgan fingerprint density at radius 3 is 2.30 bits per heavy atom. The zero-order valence-corrected chi connectivity index (χ0v) is 17.0. The third-order valence-electron chi connectivity index (χ3n) is 5.27. The topological polar surface area (TPSA) is 79.1 Å². The Balaban J connectivity index is 1.91. The molecule has 2 aromatic carbocycles. The number of hydrogen-bond acceptors (Lipinski definition) is 4. The van der Waals surface area contributed by atoms with Crippen LogP contribution in [0, 0.1) is 0 Å². The van der Waals surface area contributed by atoms with Crippen molar-refractivity contribution in [3.05, 3.63) is 86.0 Å². The molecule has 0 fully saturated rings. The summed E-state index contributed by atoms with van der Waals surface area (Å²) in [5, 5.41) is 9.37. The van der Waals surface area contributed by atoms with Gasteiger partial charge in [-0.2, -0.15) is 0 Å². The molecule has 0 aliphatic carbocycles. The highest BCUT2D eigenvalue weighted by molar-refractivity contribution is 6.30. The van der Waals surface area contributed by atoms with E-state index >= 15 is 0 Å². The standard InChI is InChI=1S/C21H17ClN6O2/c1-25-18-16(19(29)26(2)21(25)30)27(12-13-8-10-15(22)11-9-13)20-24-23-17(28(18)20)14-6-4-3-5-7-14/h3-11H,12H2,1-2H3. The minimum atomic E-state index is -0.411. The van der Waals surface area contributed by atoms with E-state index < -0.39 is 5.69 Å². The van der Waals surface area contributed by atoms with Gasteiger partial charge in [0.05, 0.1) is 6.54 Å². The maximum Gasteiger partial charge on any atom is 0.332 e. The fourth-order valence-electron chi connectivity index (χ4n) is 3.75. The summed E-state index contributed by atoms with van der Waals surface area (Å²) >= 11 is 6.01. The third kappa shape index (κ3) is 2.61. The molecular weight excluding hydrogens is 404 g/mol. The summed E-state index contributed by atoms with van der Waals surface area (Å²) in [6.45, 7) is 0.379. The molecule has 3 heterocycles. The van der Waals surface area contributed by atoms with Crippen LogP contribution in [0.4, 0.5) is 0 Å². The van der Waals surface area contributed by atoms with Gasteiger partial charge in [0, 0.05) is 24.7 Å². The lowest BCUT2D eigenvalue weighted by molar-refractivity contribution is 0.700. The molecule has 150 valence electrons. The molecule has 0 aliphatic rings. The average molecular weight is 421 g/mol. The molecule has 0 saturated heterocycles. The lowest BCUT2D eigenvalue weighted by Crippen LogP contribution is -2.37. The van der Waals surface area contributed by atoms with Crippen LogP contribution in [0.2, 0.25) is 5.02 Å². The average Bonchev–Trinajstić information content (AvgIpc) is 3.32. The van der Waals surface area contributed by atoms with E-state index in [9.17, 15) is 9.59 Å². The Bertz CT molecular complexity index is 1520. The Morgan fingerprint density at radius 2 is 1.60 bits per heavy atom. The number of aromatic nitrogens is 6. The molecule has 0 aliphatic heterocycles. The summed E-state index contributed by atoms with van der Waals surface area (Å²) in [5.41, 5.74) is 1.83. The van der Waals surface area contributed by atoms with Gasteiger partial charge >= 0.3 is 5.69 Å². The van der Waals surface area contributed by atoms with Crippen LogP contribution in [0.15, 0.2) is 64.2 Å². The SMILES string of the molecule is Cn1c(=O)c2c(n(C)c1=O)n1c(-c3ccccc3)nnc1n2Cc1ccc(Cl)cc1. The van der Waals surface area contributed by atoms with Crippen molar-refractivity contribution in [2.75, 3.05) is 0 Å². The quantitative estimate of drug-likeness (QED) is 0.449. The van der Waals surface area contributed by atoms with Crippen molar-refractivity contribution in [3.63, 3.8) is 0 Å². The molecule has 0 saturated carbocycles. The molecule has 0 N–H and O–H groups in total. The predicted molar refractivity (Wildman–Crippen MR) is 115 cm³/mol. The number of fused-ring (bicyclic) bond motifs is 3. The van der Waals surface area contributed by atoms with Gasteiger partial charge in [-0.1, -0.05) is 54.1 Å². The second-order valence-corrected chi connectivity index (χ2v) is 7.55. The number of imidazole rings is 1. The zero-order chi connectivity index (χ0) is 21.0. The van der Waals surface area contributed by atoms with E-state index in [1.807, 2.05) is 42.5 Å². The largest absolute Gasteiger partial charge is 0.332 e. The molecule has 5 rings (SSSR count). The van der Waals surface area contributed by atoms with E-state index in [0.717, 1.165) is 15.7 Å². The number of rotatable bonds is 3. The zero-order valence-electron chi connectivity index (χ0n) is 16.3. The molecular formula is C21H17ClN6O2. The van der Waals surface area contributed by atoms with E-state index in [4.69, 9.17) is 11.6 Å². The summed E-state index contributed by atoms with van der Waals surface area (Å²) in [4.78, 5) is 25.8. The van der Waals surface area contributed by atoms with Gasteiger partial charge in [-0.3, -0.25) is 18.5 Å². The van der Waals surface area contributed by atoms with Crippen LogP contribution in [0.3, 0.4) is 0 Å². The van der Waals surface area contributed by atoms with Crippen molar-refractivity contribution in [2.24, 2.45) is 14.1 Å². The molecule has 9 heteroatoms. The number of aryl methyl sites for hydroxylation is 1. The van der Waals surface area contributed by atoms with Crippen LogP contribution >= 0.6 is 11.6 Å². The Morgan fingerprint density at radius 1 is 0.900 bits per heavy atom. The summed E-state index contributed by atoms with van der Waals surface area (Å²) in [6, 6.07) is 16.9. The highest BCUT2D eigenvalue weighted by Gasteiger charge is 2.24. The smallest absolute Gasteiger partial charge is 0.298 e. The molecule has 0 unspecified atom stereocenters. The molecule has 0 radical (unpaired) electrons. The van der Waals surface area contributed by atoms with Gasteiger partial charge < -0.3 is 0 Å². The second-order valence-electron chi connectivity index (χ2n) is 7.12. The van der Waals surface area contributed by atoms with Gasteiger partial charge in [-0.15, -0.1) is 10.2 Å². The predicted octanol–water partition coefficient (Wildman–Crippen LogP) is 2.45. The molecule has 0 atom stereocenters. The maximum atomic E-state index is 13.1. The molecule has 0 spiro atoms. The first-order valence-corrected chi connectivity index (χ1v) is 9.68. The lowest BCUT2D eigenvalue weighted by Gasteiger charge is -2.08. The Kier molecular flexibility index (Phi) is 4.11. The number of benzene rings is 2. The molecule has 3 aromatic heterocycles. The first-order valence-electron chi connectivity index (χ1n) is 9.30. The Hall–Kier alpha value is -3.65.